The minimum Gasteiger partial charge on any atom is -0.456 e. The molecule has 1 aliphatic heterocycles. The molecule has 2 amide bonds. The highest BCUT2D eigenvalue weighted by Gasteiger charge is 2.22. The van der Waals surface area contributed by atoms with Crippen LogP contribution in [0.1, 0.15) is 40.2 Å². The second-order valence-electron chi connectivity index (χ2n) is 6.74. The summed E-state index contributed by atoms with van der Waals surface area (Å²) in [6.07, 6.45) is 1.32. The molecule has 29 heavy (non-hydrogen) atoms. The van der Waals surface area contributed by atoms with Crippen LogP contribution in [0.4, 0.5) is 11.4 Å². The number of amides is 2. The van der Waals surface area contributed by atoms with E-state index in [9.17, 15) is 19.2 Å². The van der Waals surface area contributed by atoms with E-state index in [1.165, 1.54) is 11.3 Å². The van der Waals surface area contributed by atoms with Gasteiger partial charge in [-0.1, -0.05) is 6.07 Å². The number of Topliss-reactive ketones (excluding diaryl/α,β-unsaturated/α-hetero) is 1. The third-order valence-electron chi connectivity index (χ3n) is 4.45. The summed E-state index contributed by atoms with van der Waals surface area (Å²) in [6, 6.07) is 10.6. The van der Waals surface area contributed by atoms with Gasteiger partial charge in [0.05, 0.1) is 11.3 Å². The number of ketones is 1. The third kappa shape index (κ3) is 5.74. The van der Waals surface area contributed by atoms with E-state index in [1.807, 2.05) is 19.1 Å². The Morgan fingerprint density at radius 3 is 2.69 bits per heavy atom. The van der Waals surface area contributed by atoms with Crippen LogP contribution in [0.15, 0.2) is 36.4 Å². The molecule has 8 heteroatoms. The summed E-state index contributed by atoms with van der Waals surface area (Å²) in [5.74, 6) is -1.13. The van der Waals surface area contributed by atoms with E-state index < -0.39 is 18.5 Å². The molecule has 1 saturated heterocycles. The van der Waals surface area contributed by atoms with Crippen LogP contribution in [0, 0.1) is 6.92 Å². The first-order valence-electron chi connectivity index (χ1n) is 9.38. The molecule has 0 spiro atoms. The fourth-order valence-electron chi connectivity index (χ4n) is 3.01. The molecule has 0 radical (unpaired) electrons. The maximum absolute atomic E-state index is 12.0. The molecule has 3 rings (SSSR count). The first kappa shape index (κ1) is 20.7. The number of aryl methyl sites for hydroxylation is 1. The van der Waals surface area contributed by atoms with Crippen molar-refractivity contribution in [3.8, 4) is 0 Å². The largest absolute Gasteiger partial charge is 0.456 e. The number of thiophene rings is 1. The van der Waals surface area contributed by atoms with Crippen LogP contribution < -0.4 is 10.2 Å². The smallest absolute Gasteiger partial charge is 0.306 e. The predicted octanol–water partition coefficient (Wildman–Crippen LogP) is 3.33. The van der Waals surface area contributed by atoms with Crippen molar-refractivity contribution in [1.29, 1.82) is 0 Å². The third-order valence-corrected chi connectivity index (χ3v) is 5.49. The van der Waals surface area contributed by atoms with Crippen molar-refractivity contribution in [2.45, 2.75) is 32.6 Å². The second-order valence-corrected chi connectivity index (χ2v) is 8.03. The zero-order chi connectivity index (χ0) is 20.8. The lowest BCUT2D eigenvalue weighted by molar-refractivity contribution is -0.147. The molecule has 0 saturated carbocycles. The van der Waals surface area contributed by atoms with Crippen molar-refractivity contribution in [2.24, 2.45) is 0 Å². The lowest BCUT2D eigenvalue weighted by Crippen LogP contribution is -2.24. The van der Waals surface area contributed by atoms with Crippen LogP contribution >= 0.6 is 11.3 Å². The van der Waals surface area contributed by atoms with Gasteiger partial charge in [-0.15, -0.1) is 11.3 Å². The average Bonchev–Trinajstić information content (AvgIpc) is 3.33. The van der Waals surface area contributed by atoms with Gasteiger partial charge in [0.25, 0.3) is 5.91 Å². The van der Waals surface area contributed by atoms with Gasteiger partial charge in [0.1, 0.15) is 0 Å². The molecule has 0 atom stereocenters. The van der Waals surface area contributed by atoms with Gasteiger partial charge in [-0.25, -0.2) is 0 Å². The topological polar surface area (TPSA) is 92.8 Å². The van der Waals surface area contributed by atoms with Gasteiger partial charge in [-0.3, -0.25) is 19.2 Å². The summed E-state index contributed by atoms with van der Waals surface area (Å²) in [6.45, 7) is 2.14. The highest BCUT2D eigenvalue weighted by atomic mass is 32.1. The number of nitrogens with one attached hydrogen (secondary N) is 1. The van der Waals surface area contributed by atoms with Gasteiger partial charge in [0.2, 0.25) is 5.91 Å². The zero-order valence-electron chi connectivity index (χ0n) is 16.1. The average molecular weight is 414 g/mol. The minimum absolute atomic E-state index is 0.0479. The van der Waals surface area contributed by atoms with Crippen molar-refractivity contribution in [1.82, 2.24) is 0 Å². The Labute approximate surface area is 172 Å². The van der Waals surface area contributed by atoms with E-state index in [0.29, 0.717) is 23.5 Å². The van der Waals surface area contributed by atoms with E-state index in [0.717, 1.165) is 17.0 Å². The van der Waals surface area contributed by atoms with Gasteiger partial charge < -0.3 is 15.0 Å². The van der Waals surface area contributed by atoms with Gasteiger partial charge >= 0.3 is 5.97 Å². The summed E-state index contributed by atoms with van der Waals surface area (Å²) >= 11 is 1.39. The molecule has 7 nitrogen and oxygen atoms in total. The van der Waals surface area contributed by atoms with Crippen LogP contribution in [-0.2, 0) is 19.1 Å². The number of ether oxygens (including phenoxy) is 1. The van der Waals surface area contributed by atoms with Crippen LogP contribution in [0.3, 0.4) is 0 Å². The summed E-state index contributed by atoms with van der Waals surface area (Å²) in [7, 11) is 0. The van der Waals surface area contributed by atoms with Gasteiger partial charge in [0.15, 0.2) is 12.4 Å². The molecule has 1 aliphatic rings. The van der Waals surface area contributed by atoms with Crippen molar-refractivity contribution < 1.29 is 23.9 Å². The highest BCUT2D eigenvalue weighted by molar-refractivity contribution is 7.14. The lowest BCUT2D eigenvalue weighted by Gasteiger charge is -2.16. The number of carbonyl (C=O) groups excluding carboxylic acids is 4. The summed E-state index contributed by atoms with van der Waals surface area (Å²) < 4.78 is 4.95. The highest BCUT2D eigenvalue weighted by Crippen LogP contribution is 2.24. The summed E-state index contributed by atoms with van der Waals surface area (Å²) in [4.78, 5) is 51.0. The van der Waals surface area contributed by atoms with Crippen molar-refractivity contribution in [3.63, 3.8) is 0 Å². The standard InChI is InChI=1S/C21H22N2O5S/c1-14-7-9-18(29-14)17(24)8-10-21(27)28-13-19(25)22-15-4-2-5-16(12-15)23-11-3-6-20(23)26/h2,4-5,7,9,12H,3,6,8,10-11,13H2,1H3,(H,22,25). The number of anilines is 2. The minimum atomic E-state index is -0.599. The molecule has 152 valence electrons. The van der Waals surface area contributed by atoms with E-state index in [-0.39, 0.29) is 24.5 Å². The number of hydrogen-bond acceptors (Lipinski definition) is 6. The number of hydrogen-bond donors (Lipinski definition) is 1. The van der Waals surface area contributed by atoms with Crippen molar-refractivity contribution >= 4 is 46.3 Å². The van der Waals surface area contributed by atoms with E-state index in [1.54, 1.807) is 29.2 Å². The van der Waals surface area contributed by atoms with Gasteiger partial charge in [0, 0.05) is 35.6 Å². The molecule has 2 heterocycles. The maximum Gasteiger partial charge on any atom is 0.306 e. The Hall–Kier alpha value is -3.00. The zero-order valence-corrected chi connectivity index (χ0v) is 16.9. The Kier molecular flexibility index (Phi) is 6.77. The van der Waals surface area contributed by atoms with E-state index >= 15 is 0 Å². The molecule has 0 aliphatic carbocycles. The maximum atomic E-state index is 12.0. The molecule has 0 bridgehead atoms. The fourth-order valence-corrected chi connectivity index (χ4v) is 3.85. The summed E-state index contributed by atoms with van der Waals surface area (Å²) in [5.41, 5.74) is 1.25. The Morgan fingerprint density at radius 1 is 1.17 bits per heavy atom. The Balaban J connectivity index is 1.43. The predicted molar refractivity (Wildman–Crippen MR) is 110 cm³/mol. The first-order valence-corrected chi connectivity index (χ1v) is 10.2. The molecule has 1 aromatic carbocycles. The van der Waals surface area contributed by atoms with E-state index in [4.69, 9.17) is 4.74 Å². The second kappa shape index (κ2) is 9.47. The number of rotatable bonds is 8. The summed E-state index contributed by atoms with van der Waals surface area (Å²) in [5, 5.41) is 2.65. The molecule has 1 aromatic heterocycles. The molecule has 1 fully saturated rings. The number of benzene rings is 1. The first-order chi connectivity index (χ1) is 13.9. The van der Waals surface area contributed by atoms with Crippen LogP contribution in [0.2, 0.25) is 0 Å². The van der Waals surface area contributed by atoms with Gasteiger partial charge in [-0.2, -0.15) is 0 Å². The molecule has 0 unspecified atom stereocenters. The number of carbonyl (C=O) groups is 4. The molecule has 1 N–H and O–H groups in total. The van der Waals surface area contributed by atoms with Crippen LogP contribution in [0.5, 0.6) is 0 Å². The van der Waals surface area contributed by atoms with E-state index in [2.05, 4.69) is 5.32 Å². The molecular formula is C21H22N2O5S. The van der Waals surface area contributed by atoms with Crippen molar-refractivity contribution in [2.75, 3.05) is 23.4 Å². The van der Waals surface area contributed by atoms with Crippen LogP contribution in [0.25, 0.3) is 0 Å². The Bertz CT molecular complexity index is 937. The monoisotopic (exact) mass is 414 g/mol. The van der Waals surface area contributed by atoms with Crippen LogP contribution in [-0.4, -0.2) is 36.7 Å². The fraction of sp³-hybridized carbons (Fsp3) is 0.333. The quantitative estimate of drug-likeness (QED) is 0.528. The number of nitrogens with zero attached hydrogens (tertiary/aromatic N) is 1. The number of esters is 1. The lowest BCUT2D eigenvalue weighted by atomic mass is 10.2. The SMILES string of the molecule is Cc1ccc(C(=O)CCC(=O)OCC(=O)Nc2cccc(N3CCCC3=O)c2)s1. The van der Waals surface area contributed by atoms with Gasteiger partial charge in [-0.05, 0) is 43.7 Å². The Morgan fingerprint density at radius 2 is 2.00 bits per heavy atom. The molecular weight excluding hydrogens is 392 g/mol. The van der Waals surface area contributed by atoms with Crippen molar-refractivity contribution in [3.05, 3.63) is 46.2 Å². The normalized spacial score (nSPS) is 13.4. The molecule has 2 aromatic rings.